The fraction of sp³-hybridized carbons (Fsp3) is 0.467. The van der Waals surface area contributed by atoms with Crippen LogP contribution in [-0.2, 0) is 4.74 Å². The third-order valence-electron chi connectivity index (χ3n) is 3.27. The topological polar surface area (TPSA) is 45.7 Å². The number of hydrogen-bond acceptors (Lipinski definition) is 5. The number of nitrogens with zero attached hydrogens (tertiary/aromatic N) is 3. The summed E-state index contributed by atoms with van der Waals surface area (Å²) in [5.74, 6) is 3.04. The van der Waals surface area contributed by atoms with E-state index in [1.165, 1.54) is 0 Å². The minimum absolute atomic E-state index is 0.318. The zero-order valence-electron chi connectivity index (χ0n) is 11.7. The number of hydrogen-bond donors (Lipinski definition) is 0. The Morgan fingerprint density at radius 2 is 2.20 bits per heavy atom. The Balaban J connectivity index is 2.10. The van der Waals surface area contributed by atoms with Gasteiger partial charge >= 0.3 is 5.97 Å². The van der Waals surface area contributed by atoms with E-state index < -0.39 is 0 Å². The van der Waals surface area contributed by atoms with Gasteiger partial charge in [0.1, 0.15) is 11.4 Å². The second-order valence-electron chi connectivity index (χ2n) is 4.56. The molecule has 0 unspecified atom stereocenters. The smallest absolute Gasteiger partial charge is 0.341 e. The van der Waals surface area contributed by atoms with Gasteiger partial charge in [0.25, 0.3) is 0 Å². The highest BCUT2D eigenvalue weighted by Gasteiger charge is 2.22. The summed E-state index contributed by atoms with van der Waals surface area (Å²) in [5, 5.41) is 0. The van der Waals surface area contributed by atoms with Crippen LogP contribution >= 0.6 is 0 Å². The van der Waals surface area contributed by atoms with Gasteiger partial charge in [-0.3, -0.25) is 4.90 Å². The van der Waals surface area contributed by atoms with Crippen LogP contribution in [0.3, 0.4) is 0 Å². The van der Waals surface area contributed by atoms with Gasteiger partial charge in [-0.2, -0.15) is 0 Å². The number of aromatic nitrogens is 1. The van der Waals surface area contributed by atoms with E-state index in [9.17, 15) is 4.79 Å². The lowest BCUT2D eigenvalue weighted by Crippen LogP contribution is -2.47. The molecule has 1 aliphatic heterocycles. The van der Waals surface area contributed by atoms with Crippen LogP contribution in [0.1, 0.15) is 17.3 Å². The molecule has 1 fully saturated rings. The predicted molar refractivity (Wildman–Crippen MR) is 77.7 cm³/mol. The predicted octanol–water partition coefficient (Wildman–Crippen LogP) is 1.01. The van der Waals surface area contributed by atoms with E-state index in [0.29, 0.717) is 24.5 Å². The number of terminal acetylenes is 1. The molecule has 1 aromatic rings. The lowest BCUT2D eigenvalue weighted by Gasteiger charge is -2.35. The highest BCUT2D eigenvalue weighted by Crippen LogP contribution is 2.19. The second-order valence-corrected chi connectivity index (χ2v) is 4.56. The van der Waals surface area contributed by atoms with Crippen molar-refractivity contribution >= 4 is 11.8 Å². The van der Waals surface area contributed by atoms with Crippen molar-refractivity contribution in [1.29, 1.82) is 0 Å². The summed E-state index contributed by atoms with van der Waals surface area (Å²) in [5.41, 5.74) is 0.528. The molecule has 5 nitrogen and oxygen atoms in total. The third-order valence-corrected chi connectivity index (χ3v) is 3.27. The molecule has 0 saturated carbocycles. The van der Waals surface area contributed by atoms with Gasteiger partial charge in [0, 0.05) is 32.4 Å². The summed E-state index contributed by atoms with van der Waals surface area (Å²) in [6.45, 7) is 6.21. The normalized spacial score (nSPS) is 15.7. The molecule has 0 aliphatic carbocycles. The Hall–Kier alpha value is -2.06. The molecule has 0 atom stereocenters. The zero-order valence-corrected chi connectivity index (χ0v) is 11.7. The van der Waals surface area contributed by atoms with Crippen molar-refractivity contribution in [3.63, 3.8) is 0 Å². The van der Waals surface area contributed by atoms with Crippen LogP contribution in [0.5, 0.6) is 0 Å². The Labute approximate surface area is 119 Å². The Bertz CT molecular complexity index is 502. The molecule has 0 aromatic carbocycles. The average molecular weight is 273 g/mol. The molecule has 2 heterocycles. The molecule has 0 N–H and O–H groups in total. The van der Waals surface area contributed by atoms with E-state index in [4.69, 9.17) is 11.2 Å². The Morgan fingerprint density at radius 1 is 1.45 bits per heavy atom. The van der Waals surface area contributed by atoms with Crippen LogP contribution < -0.4 is 4.90 Å². The van der Waals surface area contributed by atoms with Crippen LogP contribution in [0.15, 0.2) is 18.3 Å². The Morgan fingerprint density at radius 3 is 2.85 bits per heavy atom. The maximum atomic E-state index is 11.9. The number of carbonyl (C=O) groups is 1. The standard InChI is InChI=1S/C15H19N3O2/c1-3-8-17-9-11-18(12-10-17)14-13(6-5-7-16-14)15(19)20-4-2/h1,5-7H,4,8-12H2,2H3. The van der Waals surface area contributed by atoms with E-state index in [0.717, 1.165) is 26.2 Å². The first-order chi connectivity index (χ1) is 9.76. The summed E-state index contributed by atoms with van der Waals surface area (Å²) in [4.78, 5) is 20.6. The van der Waals surface area contributed by atoms with Crippen molar-refractivity contribution in [3.8, 4) is 12.3 Å². The molecule has 1 aliphatic rings. The molecule has 0 amide bonds. The van der Waals surface area contributed by atoms with Crippen molar-refractivity contribution in [2.45, 2.75) is 6.92 Å². The first kappa shape index (κ1) is 14.4. The van der Waals surface area contributed by atoms with Crippen molar-refractivity contribution in [1.82, 2.24) is 9.88 Å². The summed E-state index contributed by atoms with van der Waals surface area (Å²) >= 11 is 0. The van der Waals surface area contributed by atoms with Gasteiger partial charge < -0.3 is 9.64 Å². The lowest BCUT2D eigenvalue weighted by molar-refractivity contribution is 0.0526. The third kappa shape index (κ3) is 3.28. The molecule has 0 bridgehead atoms. The summed E-state index contributed by atoms with van der Waals surface area (Å²) in [6, 6.07) is 3.51. The fourth-order valence-corrected chi connectivity index (χ4v) is 2.26. The van der Waals surface area contributed by atoms with E-state index in [1.54, 1.807) is 25.3 Å². The zero-order chi connectivity index (χ0) is 14.4. The van der Waals surface area contributed by atoms with E-state index in [-0.39, 0.29) is 5.97 Å². The van der Waals surface area contributed by atoms with Crippen LogP contribution in [0.2, 0.25) is 0 Å². The second kappa shape index (κ2) is 6.92. The summed E-state index contributed by atoms with van der Waals surface area (Å²) in [6.07, 6.45) is 7.02. The number of anilines is 1. The van der Waals surface area contributed by atoms with Gasteiger partial charge in [0.15, 0.2) is 0 Å². The number of ether oxygens (including phenoxy) is 1. The van der Waals surface area contributed by atoms with E-state index >= 15 is 0 Å². The maximum Gasteiger partial charge on any atom is 0.341 e. The highest BCUT2D eigenvalue weighted by atomic mass is 16.5. The fourth-order valence-electron chi connectivity index (χ4n) is 2.26. The van der Waals surface area contributed by atoms with Gasteiger partial charge in [-0.25, -0.2) is 9.78 Å². The number of pyridine rings is 1. The lowest BCUT2D eigenvalue weighted by atomic mass is 10.2. The van der Waals surface area contributed by atoms with Crippen LogP contribution in [-0.4, -0.2) is 55.2 Å². The van der Waals surface area contributed by atoms with Crippen LogP contribution in [0.4, 0.5) is 5.82 Å². The molecule has 106 valence electrons. The quantitative estimate of drug-likeness (QED) is 0.605. The number of esters is 1. The van der Waals surface area contributed by atoms with Gasteiger partial charge in [0.2, 0.25) is 0 Å². The van der Waals surface area contributed by atoms with Crippen molar-refractivity contribution in [2.24, 2.45) is 0 Å². The average Bonchev–Trinajstić information content (AvgIpc) is 2.49. The minimum atomic E-state index is -0.318. The molecule has 2 rings (SSSR count). The van der Waals surface area contributed by atoms with Crippen molar-refractivity contribution < 1.29 is 9.53 Å². The number of rotatable bonds is 4. The summed E-state index contributed by atoms with van der Waals surface area (Å²) < 4.78 is 5.08. The Kier molecular flexibility index (Phi) is 4.97. The van der Waals surface area contributed by atoms with Gasteiger partial charge in [-0.15, -0.1) is 6.42 Å². The van der Waals surface area contributed by atoms with Crippen molar-refractivity contribution in [3.05, 3.63) is 23.9 Å². The maximum absolute atomic E-state index is 11.9. The molecular formula is C15H19N3O2. The number of piperazine rings is 1. The van der Waals surface area contributed by atoms with Gasteiger partial charge in [-0.05, 0) is 19.1 Å². The summed E-state index contributed by atoms with van der Waals surface area (Å²) in [7, 11) is 0. The molecule has 20 heavy (non-hydrogen) atoms. The molecule has 1 saturated heterocycles. The SMILES string of the molecule is C#CCN1CCN(c2ncccc2C(=O)OCC)CC1. The van der Waals surface area contributed by atoms with Crippen LogP contribution in [0, 0.1) is 12.3 Å². The van der Waals surface area contributed by atoms with Crippen LogP contribution in [0.25, 0.3) is 0 Å². The van der Waals surface area contributed by atoms with Crippen molar-refractivity contribution in [2.75, 3.05) is 44.2 Å². The van der Waals surface area contributed by atoms with E-state index in [2.05, 4.69) is 20.7 Å². The molecule has 0 spiro atoms. The largest absolute Gasteiger partial charge is 0.462 e. The van der Waals surface area contributed by atoms with Gasteiger partial charge in [-0.1, -0.05) is 5.92 Å². The number of carbonyl (C=O) groups excluding carboxylic acids is 1. The minimum Gasteiger partial charge on any atom is -0.462 e. The monoisotopic (exact) mass is 273 g/mol. The highest BCUT2D eigenvalue weighted by molar-refractivity contribution is 5.94. The molecular weight excluding hydrogens is 254 g/mol. The van der Waals surface area contributed by atoms with E-state index in [1.807, 2.05) is 0 Å². The molecule has 1 aromatic heterocycles. The first-order valence-corrected chi connectivity index (χ1v) is 6.79. The first-order valence-electron chi connectivity index (χ1n) is 6.79. The van der Waals surface area contributed by atoms with Gasteiger partial charge in [0.05, 0.1) is 13.2 Å². The molecule has 0 radical (unpaired) electrons. The molecule has 5 heteroatoms.